The molecular formula is C49H30N4O. The third kappa shape index (κ3) is 4.76. The fourth-order valence-electron chi connectivity index (χ4n) is 8.02. The molecule has 0 saturated heterocycles. The maximum atomic E-state index is 6.28. The zero-order valence-corrected chi connectivity index (χ0v) is 29.0. The molecule has 11 aromatic rings. The zero-order valence-electron chi connectivity index (χ0n) is 29.0. The van der Waals surface area contributed by atoms with Gasteiger partial charge < -0.3 is 8.98 Å². The third-order valence-corrected chi connectivity index (χ3v) is 10.5. The summed E-state index contributed by atoms with van der Waals surface area (Å²) in [5, 5.41) is 6.89. The lowest BCUT2D eigenvalue weighted by Gasteiger charge is -2.17. The zero-order chi connectivity index (χ0) is 35.6. The van der Waals surface area contributed by atoms with Gasteiger partial charge in [0.1, 0.15) is 11.2 Å². The minimum atomic E-state index is 0.591. The van der Waals surface area contributed by atoms with E-state index in [0.29, 0.717) is 17.5 Å². The number of fused-ring (bicyclic) bond motifs is 7. The maximum absolute atomic E-state index is 6.28. The van der Waals surface area contributed by atoms with E-state index in [-0.39, 0.29) is 0 Å². The fraction of sp³-hybridized carbons (Fsp3) is 0. The number of benzene rings is 8. The minimum Gasteiger partial charge on any atom is -0.456 e. The van der Waals surface area contributed by atoms with Crippen molar-refractivity contribution < 1.29 is 4.42 Å². The Hall–Kier alpha value is -7.37. The summed E-state index contributed by atoms with van der Waals surface area (Å²) in [5.41, 5.74) is 9.87. The van der Waals surface area contributed by atoms with Crippen LogP contribution in [0.4, 0.5) is 0 Å². The van der Waals surface area contributed by atoms with E-state index in [0.717, 1.165) is 66.5 Å². The second-order valence-corrected chi connectivity index (χ2v) is 13.6. The van der Waals surface area contributed by atoms with Gasteiger partial charge in [-0.05, 0) is 52.7 Å². The lowest BCUT2D eigenvalue weighted by molar-refractivity contribution is 0.669. The molecule has 0 aliphatic carbocycles. The van der Waals surface area contributed by atoms with Crippen LogP contribution in [0.15, 0.2) is 186 Å². The number of rotatable bonds is 5. The number of hydrogen-bond acceptors (Lipinski definition) is 4. The lowest BCUT2D eigenvalue weighted by atomic mass is 9.97. The highest BCUT2D eigenvalue weighted by Gasteiger charge is 2.21. The van der Waals surface area contributed by atoms with E-state index in [1.807, 2.05) is 60.7 Å². The van der Waals surface area contributed by atoms with Crippen molar-refractivity contribution in [2.24, 2.45) is 0 Å². The van der Waals surface area contributed by atoms with Crippen LogP contribution < -0.4 is 0 Å². The molecule has 0 N–H and O–H groups in total. The molecule has 5 nitrogen and oxygen atoms in total. The van der Waals surface area contributed by atoms with Crippen LogP contribution in [0, 0.1) is 0 Å². The monoisotopic (exact) mass is 690 g/mol. The molecule has 0 fully saturated rings. The Morgan fingerprint density at radius 1 is 0.370 bits per heavy atom. The van der Waals surface area contributed by atoms with Gasteiger partial charge in [-0.1, -0.05) is 146 Å². The topological polar surface area (TPSA) is 56.7 Å². The Morgan fingerprint density at radius 2 is 0.963 bits per heavy atom. The van der Waals surface area contributed by atoms with Crippen molar-refractivity contribution in [1.29, 1.82) is 0 Å². The van der Waals surface area contributed by atoms with Crippen molar-refractivity contribution in [2.75, 3.05) is 0 Å². The molecule has 252 valence electrons. The second kappa shape index (κ2) is 12.1. The smallest absolute Gasteiger partial charge is 0.164 e. The Bertz CT molecular complexity index is 3230. The van der Waals surface area contributed by atoms with Gasteiger partial charge >= 0.3 is 0 Å². The molecule has 0 aliphatic rings. The van der Waals surface area contributed by atoms with Gasteiger partial charge in [0.2, 0.25) is 0 Å². The predicted molar refractivity (Wildman–Crippen MR) is 221 cm³/mol. The number of para-hydroxylation sites is 3. The molecule has 0 aliphatic heterocycles. The Kier molecular flexibility index (Phi) is 6.79. The van der Waals surface area contributed by atoms with Gasteiger partial charge in [0.25, 0.3) is 0 Å². The van der Waals surface area contributed by atoms with Crippen LogP contribution in [0.25, 0.3) is 105 Å². The highest BCUT2D eigenvalue weighted by atomic mass is 16.3. The van der Waals surface area contributed by atoms with E-state index in [4.69, 9.17) is 19.4 Å². The maximum Gasteiger partial charge on any atom is 0.164 e. The summed E-state index contributed by atoms with van der Waals surface area (Å²) in [6, 6.07) is 63.3. The molecule has 3 aromatic heterocycles. The first-order valence-corrected chi connectivity index (χ1v) is 18.1. The van der Waals surface area contributed by atoms with Crippen molar-refractivity contribution in [2.45, 2.75) is 0 Å². The first-order chi connectivity index (χ1) is 26.8. The number of nitrogens with zero attached hydrogens (tertiary/aromatic N) is 4. The Labute approximate surface area is 310 Å². The van der Waals surface area contributed by atoms with Crippen LogP contribution >= 0.6 is 0 Å². The molecular weight excluding hydrogens is 661 g/mol. The van der Waals surface area contributed by atoms with Crippen LogP contribution in [0.5, 0.6) is 0 Å². The van der Waals surface area contributed by atoms with Gasteiger partial charge in [-0.3, -0.25) is 0 Å². The molecule has 0 bridgehead atoms. The summed E-state index contributed by atoms with van der Waals surface area (Å²) in [4.78, 5) is 15.6. The number of furan rings is 1. The van der Waals surface area contributed by atoms with E-state index >= 15 is 0 Å². The Morgan fingerprint density at radius 3 is 1.81 bits per heavy atom. The van der Waals surface area contributed by atoms with E-state index in [9.17, 15) is 0 Å². The lowest BCUT2D eigenvalue weighted by Crippen LogP contribution is -2.02. The van der Waals surface area contributed by atoms with Gasteiger partial charge in [0.15, 0.2) is 17.5 Å². The van der Waals surface area contributed by atoms with Crippen molar-refractivity contribution in [3.05, 3.63) is 182 Å². The van der Waals surface area contributed by atoms with Crippen molar-refractivity contribution >= 4 is 54.5 Å². The first kappa shape index (κ1) is 30.3. The van der Waals surface area contributed by atoms with Crippen molar-refractivity contribution in [3.8, 4) is 51.0 Å². The van der Waals surface area contributed by atoms with Crippen LogP contribution in [0.2, 0.25) is 0 Å². The molecule has 0 amide bonds. The minimum absolute atomic E-state index is 0.591. The van der Waals surface area contributed by atoms with Crippen LogP contribution in [-0.4, -0.2) is 19.5 Å². The molecule has 54 heavy (non-hydrogen) atoms. The molecule has 11 rings (SSSR count). The fourth-order valence-corrected chi connectivity index (χ4v) is 8.02. The van der Waals surface area contributed by atoms with Gasteiger partial charge in [0.05, 0.1) is 16.7 Å². The highest BCUT2D eigenvalue weighted by molar-refractivity contribution is 6.14. The molecule has 0 saturated carbocycles. The molecule has 3 heterocycles. The van der Waals surface area contributed by atoms with Crippen LogP contribution in [0.1, 0.15) is 0 Å². The van der Waals surface area contributed by atoms with E-state index in [1.165, 1.54) is 21.5 Å². The van der Waals surface area contributed by atoms with Crippen molar-refractivity contribution in [1.82, 2.24) is 19.5 Å². The molecule has 0 radical (unpaired) electrons. The standard InChI is InChI=1S/C49H30N4O/c1-2-15-31(16-3-1)47-50-48(52-49(51-47)39-24-14-28-45-46(39)38-23-10-13-27-44(38)54-45)37-22-7-6-19-34(37)35-20-8-11-25-41(35)53-42-26-12-9-21-36(42)40-29-32-17-4-5-18-33(32)30-43(40)53/h1-30H. The predicted octanol–water partition coefficient (Wildman–Crippen LogP) is 12.7. The molecule has 0 atom stereocenters. The average Bonchev–Trinajstić information content (AvgIpc) is 3.78. The summed E-state index contributed by atoms with van der Waals surface area (Å²) < 4.78 is 8.69. The first-order valence-electron chi connectivity index (χ1n) is 18.1. The van der Waals surface area contributed by atoms with E-state index in [2.05, 4.69) is 126 Å². The van der Waals surface area contributed by atoms with Crippen molar-refractivity contribution in [3.63, 3.8) is 0 Å². The summed E-state index contributed by atoms with van der Waals surface area (Å²) in [7, 11) is 0. The molecule has 8 aromatic carbocycles. The summed E-state index contributed by atoms with van der Waals surface area (Å²) in [6.07, 6.45) is 0. The second-order valence-electron chi connectivity index (χ2n) is 13.6. The average molecular weight is 691 g/mol. The number of aromatic nitrogens is 4. The molecule has 0 spiro atoms. The summed E-state index contributed by atoms with van der Waals surface area (Å²) in [6.45, 7) is 0. The SMILES string of the molecule is c1ccc(-c2nc(-c3ccccc3-c3ccccc3-n3c4ccccc4c4cc5ccccc5cc43)nc(-c3cccc4oc5ccccc5c34)n2)cc1. The van der Waals surface area contributed by atoms with Crippen LogP contribution in [0.3, 0.4) is 0 Å². The summed E-state index contributed by atoms with van der Waals surface area (Å²) >= 11 is 0. The van der Waals surface area contributed by atoms with Gasteiger partial charge in [-0.15, -0.1) is 0 Å². The van der Waals surface area contributed by atoms with E-state index < -0.39 is 0 Å². The number of hydrogen-bond donors (Lipinski definition) is 0. The van der Waals surface area contributed by atoms with Gasteiger partial charge in [-0.2, -0.15) is 0 Å². The Balaban J connectivity index is 1.17. The molecule has 0 unspecified atom stereocenters. The molecule has 5 heteroatoms. The van der Waals surface area contributed by atoms with Gasteiger partial charge in [0, 0.05) is 43.8 Å². The highest BCUT2D eigenvalue weighted by Crippen LogP contribution is 2.41. The summed E-state index contributed by atoms with van der Waals surface area (Å²) in [5.74, 6) is 1.80. The van der Waals surface area contributed by atoms with E-state index in [1.54, 1.807) is 0 Å². The normalized spacial score (nSPS) is 11.7. The van der Waals surface area contributed by atoms with Gasteiger partial charge in [-0.25, -0.2) is 15.0 Å². The quantitative estimate of drug-likeness (QED) is 0.180. The van der Waals surface area contributed by atoms with Crippen LogP contribution in [-0.2, 0) is 0 Å². The largest absolute Gasteiger partial charge is 0.456 e. The third-order valence-electron chi connectivity index (χ3n) is 10.5.